The molecule has 100 valence electrons. The molecule has 0 aromatic heterocycles. The topological polar surface area (TPSA) is 57.6 Å². The van der Waals surface area contributed by atoms with Crippen molar-refractivity contribution in [2.24, 2.45) is 11.8 Å². The highest BCUT2D eigenvalue weighted by molar-refractivity contribution is 5.88. The minimum atomic E-state index is -0.795. The van der Waals surface area contributed by atoms with E-state index in [2.05, 4.69) is 0 Å². The summed E-state index contributed by atoms with van der Waals surface area (Å²) in [5.41, 5.74) is 2.35. The summed E-state index contributed by atoms with van der Waals surface area (Å²) in [6, 6.07) is 7.98. The molecule has 0 saturated carbocycles. The van der Waals surface area contributed by atoms with Gasteiger partial charge in [0, 0.05) is 13.1 Å². The summed E-state index contributed by atoms with van der Waals surface area (Å²) in [7, 11) is 0. The maximum absolute atomic E-state index is 12.4. The van der Waals surface area contributed by atoms with Gasteiger partial charge >= 0.3 is 5.97 Å². The van der Waals surface area contributed by atoms with Gasteiger partial charge in [0.15, 0.2) is 0 Å². The first-order valence-corrected chi connectivity index (χ1v) is 6.67. The second-order valence-electron chi connectivity index (χ2n) is 5.62. The Kier molecular flexibility index (Phi) is 2.81. The van der Waals surface area contributed by atoms with Crippen molar-refractivity contribution in [3.8, 4) is 0 Å². The summed E-state index contributed by atoms with van der Waals surface area (Å²) >= 11 is 0. The van der Waals surface area contributed by atoms with E-state index < -0.39 is 11.9 Å². The standard InChI is InChI=1S/C15H17NO3/c1-9-7-16(8-13(9)15(18)19)14(17)12-6-10-4-2-3-5-11(10)12/h2-5,9,12-13H,6-8H2,1H3,(H,18,19)/t9-,12?,13-/m1/s1. The minimum Gasteiger partial charge on any atom is -0.481 e. The Morgan fingerprint density at radius 2 is 2.00 bits per heavy atom. The van der Waals surface area contributed by atoms with Crippen LogP contribution in [0, 0.1) is 11.8 Å². The Bertz CT molecular complexity index is 540. The molecule has 1 fully saturated rings. The number of carboxylic acid groups (broad SMARTS) is 1. The fourth-order valence-corrected chi connectivity index (χ4v) is 3.17. The predicted octanol–water partition coefficient (Wildman–Crippen LogP) is 1.51. The van der Waals surface area contributed by atoms with Crippen LogP contribution in [-0.2, 0) is 16.0 Å². The molecule has 19 heavy (non-hydrogen) atoms. The molecule has 3 rings (SSSR count). The summed E-state index contributed by atoms with van der Waals surface area (Å²) < 4.78 is 0. The number of fused-ring (bicyclic) bond motifs is 1. The average molecular weight is 259 g/mol. The van der Waals surface area contributed by atoms with Crippen molar-refractivity contribution in [3.63, 3.8) is 0 Å². The van der Waals surface area contributed by atoms with Crippen LogP contribution in [0.1, 0.15) is 24.0 Å². The van der Waals surface area contributed by atoms with Crippen LogP contribution in [0.25, 0.3) is 0 Å². The normalized spacial score (nSPS) is 28.7. The highest BCUT2D eigenvalue weighted by Crippen LogP contribution is 2.37. The molecule has 1 saturated heterocycles. The van der Waals surface area contributed by atoms with Crippen molar-refractivity contribution in [2.45, 2.75) is 19.3 Å². The van der Waals surface area contributed by atoms with Gasteiger partial charge in [-0.15, -0.1) is 0 Å². The van der Waals surface area contributed by atoms with Gasteiger partial charge in [0.2, 0.25) is 5.91 Å². The first-order valence-electron chi connectivity index (χ1n) is 6.67. The molecule has 1 aliphatic carbocycles. The molecule has 0 bridgehead atoms. The largest absolute Gasteiger partial charge is 0.481 e. The Morgan fingerprint density at radius 1 is 1.26 bits per heavy atom. The van der Waals surface area contributed by atoms with Crippen LogP contribution in [0.15, 0.2) is 24.3 Å². The van der Waals surface area contributed by atoms with Crippen molar-refractivity contribution < 1.29 is 14.7 Å². The zero-order valence-corrected chi connectivity index (χ0v) is 10.9. The van der Waals surface area contributed by atoms with Gasteiger partial charge in [0.25, 0.3) is 0 Å². The number of carbonyl (C=O) groups is 2. The first-order chi connectivity index (χ1) is 9.08. The van der Waals surface area contributed by atoms with Gasteiger partial charge in [0.1, 0.15) is 0 Å². The van der Waals surface area contributed by atoms with Gasteiger partial charge in [0.05, 0.1) is 11.8 Å². The van der Waals surface area contributed by atoms with Gasteiger partial charge in [-0.3, -0.25) is 9.59 Å². The molecule has 1 heterocycles. The number of carboxylic acids is 1. The maximum atomic E-state index is 12.4. The molecule has 3 atom stereocenters. The number of benzene rings is 1. The summed E-state index contributed by atoms with van der Waals surface area (Å²) in [5, 5.41) is 9.11. The van der Waals surface area contributed by atoms with Gasteiger partial charge in [-0.2, -0.15) is 0 Å². The van der Waals surface area contributed by atoms with E-state index in [9.17, 15) is 9.59 Å². The molecular weight excluding hydrogens is 242 g/mol. The fraction of sp³-hybridized carbons (Fsp3) is 0.467. The smallest absolute Gasteiger partial charge is 0.308 e. The molecule has 2 aliphatic rings. The minimum absolute atomic E-state index is 0.0387. The second-order valence-corrected chi connectivity index (χ2v) is 5.62. The molecule has 4 heteroatoms. The quantitative estimate of drug-likeness (QED) is 0.875. The highest BCUT2D eigenvalue weighted by atomic mass is 16.4. The number of amides is 1. The van der Waals surface area contributed by atoms with E-state index in [4.69, 9.17) is 5.11 Å². The summed E-state index contributed by atoms with van der Waals surface area (Å²) in [5.74, 6) is -1.14. The Labute approximate surface area is 112 Å². The zero-order chi connectivity index (χ0) is 13.6. The summed E-state index contributed by atoms with van der Waals surface area (Å²) in [6.45, 7) is 2.82. The van der Waals surface area contributed by atoms with Crippen LogP contribution in [-0.4, -0.2) is 35.0 Å². The van der Waals surface area contributed by atoms with Gasteiger partial charge in [-0.05, 0) is 23.5 Å². The van der Waals surface area contributed by atoms with Gasteiger partial charge in [-0.25, -0.2) is 0 Å². The molecule has 1 unspecified atom stereocenters. The Hall–Kier alpha value is -1.84. The lowest BCUT2D eigenvalue weighted by atomic mass is 9.77. The molecule has 0 spiro atoms. The number of nitrogens with zero attached hydrogens (tertiary/aromatic N) is 1. The predicted molar refractivity (Wildman–Crippen MR) is 69.8 cm³/mol. The van der Waals surface area contributed by atoms with Crippen LogP contribution in [0.5, 0.6) is 0 Å². The number of aliphatic carboxylic acids is 1. The first kappa shape index (κ1) is 12.2. The third-order valence-corrected chi connectivity index (χ3v) is 4.39. The van der Waals surface area contributed by atoms with Crippen molar-refractivity contribution in [3.05, 3.63) is 35.4 Å². The van der Waals surface area contributed by atoms with Crippen LogP contribution in [0.2, 0.25) is 0 Å². The van der Waals surface area contributed by atoms with Crippen LogP contribution >= 0.6 is 0 Å². The number of hydrogen-bond acceptors (Lipinski definition) is 2. The van der Waals surface area contributed by atoms with Crippen LogP contribution in [0.3, 0.4) is 0 Å². The molecule has 1 amide bonds. The lowest BCUT2D eigenvalue weighted by Crippen LogP contribution is -2.38. The van der Waals surface area contributed by atoms with Gasteiger partial charge in [-0.1, -0.05) is 31.2 Å². The summed E-state index contributed by atoms with van der Waals surface area (Å²) in [6.07, 6.45) is 0.789. The van der Waals surface area contributed by atoms with Crippen LogP contribution in [0.4, 0.5) is 0 Å². The lowest BCUT2D eigenvalue weighted by molar-refractivity contribution is -0.142. The van der Waals surface area contributed by atoms with Gasteiger partial charge < -0.3 is 10.0 Å². The molecule has 1 aromatic carbocycles. The molecular formula is C15H17NO3. The molecule has 1 aliphatic heterocycles. The monoisotopic (exact) mass is 259 g/mol. The number of carbonyl (C=O) groups excluding carboxylic acids is 1. The molecule has 0 radical (unpaired) electrons. The van der Waals surface area contributed by atoms with E-state index in [1.807, 2.05) is 31.2 Å². The second kappa shape index (κ2) is 4.37. The van der Waals surface area contributed by atoms with Crippen molar-refractivity contribution in [2.75, 3.05) is 13.1 Å². The number of rotatable bonds is 2. The van der Waals surface area contributed by atoms with E-state index in [0.717, 1.165) is 12.0 Å². The van der Waals surface area contributed by atoms with E-state index >= 15 is 0 Å². The van der Waals surface area contributed by atoms with E-state index in [0.29, 0.717) is 13.1 Å². The fourth-order valence-electron chi connectivity index (χ4n) is 3.17. The third kappa shape index (κ3) is 1.91. The Balaban J connectivity index is 1.72. The molecule has 4 nitrogen and oxygen atoms in total. The lowest BCUT2D eigenvalue weighted by Gasteiger charge is -2.32. The SMILES string of the molecule is C[C@@H]1CN(C(=O)C2Cc3ccccc32)C[C@H]1C(=O)O. The number of hydrogen-bond donors (Lipinski definition) is 1. The highest BCUT2D eigenvalue weighted by Gasteiger charge is 2.41. The van der Waals surface area contributed by atoms with E-state index in [-0.39, 0.29) is 17.7 Å². The summed E-state index contributed by atoms with van der Waals surface area (Å²) in [4.78, 5) is 25.3. The molecule has 1 aromatic rings. The maximum Gasteiger partial charge on any atom is 0.308 e. The third-order valence-electron chi connectivity index (χ3n) is 4.39. The van der Waals surface area contributed by atoms with Crippen molar-refractivity contribution in [1.29, 1.82) is 0 Å². The van der Waals surface area contributed by atoms with E-state index in [1.165, 1.54) is 5.56 Å². The Morgan fingerprint density at radius 3 is 2.63 bits per heavy atom. The van der Waals surface area contributed by atoms with Crippen LogP contribution < -0.4 is 0 Å². The average Bonchev–Trinajstić information content (AvgIpc) is 2.73. The van der Waals surface area contributed by atoms with E-state index in [1.54, 1.807) is 4.90 Å². The zero-order valence-electron chi connectivity index (χ0n) is 10.9. The van der Waals surface area contributed by atoms with Crippen molar-refractivity contribution in [1.82, 2.24) is 4.90 Å². The molecule has 1 N–H and O–H groups in total. The van der Waals surface area contributed by atoms with Crippen molar-refractivity contribution >= 4 is 11.9 Å². The number of likely N-dealkylation sites (tertiary alicyclic amines) is 1.